The molecule has 1 saturated carbocycles. The van der Waals surface area contributed by atoms with E-state index in [1.54, 1.807) is 0 Å². The van der Waals surface area contributed by atoms with Gasteiger partial charge in [-0.05, 0) is 51.7 Å². The molecule has 0 amide bonds. The quantitative estimate of drug-likeness (QED) is 0.314. The van der Waals surface area contributed by atoms with E-state index in [0.717, 1.165) is 51.1 Å². The van der Waals surface area contributed by atoms with E-state index in [-0.39, 0.29) is 28.7 Å². The SMILES string of the molecule is CCNC(=NCC1(SC)CCOCC1)NC1CCN(C2CCCCC2)CC1.I. The number of thioether (sulfide) groups is 1. The molecule has 28 heavy (non-hydrogen) atoms. The van der Waals surface area contributed by atoms with Gasteiger partial charge in [-0.2, -0.15) is 11.8 Å². The maximum atomic E-state index is 5.56. The van der Waals surface area contributed by atoms with E-state index in [0.29, 0.717) is 6.04 Å². The molecule has 2 aliphatic heterocycles. The molecule has 2 saturated heterocycles. The van der Waals surface area contributed by atoms with Crippen molar-refractivity contribution in [3.8, 4) is 0 Å². The molecule has 5 nitrogen and oxygen atoms in total. The molecule has 3 rings (SSSR count). The number of rotatable bonds is 6. The Hall–Kier alpha value is 0.270. The minimum atomic E-state index is 0. The Morgan fingerprint density at radius 2 is 1.79 bits per heavy atom. The topological polar surface area (TPSA) is 48.9 Å². The standard InChI is InChI=1S/C21H40N4OS.HI/c1-3-22-20(23-17-21(27-2)11-15-26-16-12-21)24-18-9-13-25(14-10-18)19-7-5-4-6-8-19;/h18-19H,3-17H2,1-2H3,(H2,22,23,24);1H. The number of nitrogens with zero attached hydrogens (tertiary/aromatic N) is 2. The molecule has 2 heterocycles. The third kappa shape index (κ3) is 7.20. The highest BCUT2D eigenvalue weighted by Gasteiger charge is 2.32. The fourth-order valence-electron chi connectivity index (χ4n) is 4.76. The highest BCUT2D eigenvalue weighted by molar-refractivity contribution is 14.0. The van der Waals surface area contributed by atoms with Gasteiger partial charge in [-0.25, -0.2) is 0 Å². The Morgan fingerprint density at radius 3 is 2.39 bits per heavy atom. The third-order valence-corrected chi connectivity index (χ3v) is 8.07. The van der Waals surface area contributed by atoms with E-state index in [1.165, 1.54) is 58.0 Å². The summed E-state index contributed by atoms with van der Waals surface area (Å²) >= 11 is 1.97. The van der Waals surface area contributed by atoms with Crippen molar-refractivity contribution in [2.24, 2.45) is 4.99 Å². The summed E-state index contributed by atoms with van der Waals surface area (Å²) in [5.41, 5.74) is 0. The largest absolute Gasteiger partial charge is 0.381 e. The smallest absolute Gasteiger partial charge is 0.191 e. The molecule has 0 aromatic rings. The Labute approximate surface area is 193 Å². The van der Waals surface area contributed by atoms with Crippen LogP contribution in [0.5, 0.6) is 0 Å². The van der Waals surface area contributed by atoms with Gasteiger partial charge in [-0.15, -0.1) is 24.0 Å². The minimum Gasteiger partial charge on any atom is -0.381 e. The number of piperidine rings is 1. The Bertz CT molecular complexity index is 459. The van der Waals surface area contributed by atoms with Crippen molar-refractivity contribution >= 4 is 41.7 Å². The number of hydrogen-bond donors (Lipinski definition) is 2. The Balaban J connectivity index is 0.00000280. The number of guanidine groups is 1. The number of hydrogen-bond acceptors (Lipinski definition) is 4. The zero-order valence-electron chi connectivity index (χ0n) is 17.9. The van der Waals surface area contributed by atoms with Crippen molar-refractivity contribution in [2.75, 3.05) is 45.6 Å². The first-order valence-corrected chi connectivity index (χ1v) is 12.4. The van der Waals surface area contributed by atoms with Gasteiger partial charge in [-0.3, -0.25) is 4.99 Å². The van der Waals surface area contributed by atoms with Gasteiger partial charge in [0.25, 0.3) is 0 Å². The van der Waals surface area contributed by atoms with Crippen LogP contribution in [0.1, 0.15) is 64.7 Å². The van der Waals surface area contributed by atoms with Crippen molar-refractivity contribution in [3.05, 3.63) is 0 Å². The molecule has 0 atom stereocenters. The normalized spacial score (nSPS) is 25.1. The monoisotopic (exact) mass is 524 g/mol. The summed E-state index contributed by atoms with van der Waals surface area (Å²) in [6.45, 7) is 8.19. The molecule has 2 N–H and O–H groups in total. The van der Waals surface area contributed by atoms with E-state index in [1.807, 2.05) is 11.8 Å². The second-order valence-corrected chi connectivity index (χ2v) is 9.72. The molecule has 3 fully saturated rings. The molecule has 1 aliphatic carbocycles. The van der Waals surface area contributed by atoms with Crippen molar-refractivity contribution in [1.82, 2.24) is 15.5 Å². The van der Waals surface area contributed by atoms with Gasteiger partial charge in [-0.1, -0.05) is 19.3 Å². The van der Waals surface area contributed by atoms with Crippen LogP contribution in [0.4, 0.5) is 0 Å². The van der Waals surface area contributed by atoms with Crippen LogP contribution < -0.4 is 10.6 Å². The lowest BCUT2D eigenvalue weighted by Gasteiger charge is -2.40. The highest BCUT2D eigenvalue weighted by Crippen LogP contribution is 2.34. The van der Waals surface area contributed by atoms with Crippen LogP contribution >= 0.6 is 35.7 Å². The van der Waals surface area contributed by atoms with Gasteiger partial charge in [0, 0.05) is 49.7 Å². The first-order chi connectivity index (χ1) is 13.2. The van der Waals surface area contributed by atoms with Gasteiger partial charge in [0.1, 0.15) is 0 Å². The summed E-state index contributed by atoms with van der Waals surface area (Å²) < 4.78 is 5.82. The summed E-state index contributed by atoms with van der Waals surface area (Å²) in [5.74, 6) is 1.01. The molecule has 7 heteroatoms. The lowest BCUT2D eigenvalue weighted by atomic mass is 9.92. The molecule has 3 aliphatic rings. The van der Waals surface area contributed by atoms with Crippen molar-refractivity contribution in [3.63, 3.8) is 0 Å². The fourth-order valence-corrected chi connectivity index (χ4v) is 5.53. The van der Waals surface area contributed by atoms with Crippen LogP contribution in [0.15, 0.2) is 4.99 Å². The van der Waals surface area contributed by atoms with Gasteiger partial charge in [0.2, 0.25) is 0 Å². The zero-order valence-corrected chi connectivity index (χ0v) is 21.0. The summed E-state index contributed by atoms with van der Waals surface area (Å²) in [5, 5.41) is 7.20. The summed E-state index contributed by atoms with van der Waals surface area (Å²) in [6.07, 6.45) is 14.1. The first kappa shape index (κ1) is 24.5. The van der Waals surface area contributed by atoms with Crippen molar-refractivity contribution in [1.29, 1.82) is 0 Å². The molecule has 0 radical (unpaired) electrons. The van der Waals surface area contributed by atoms with Crippen LogP contribution in [-0.2, 0) is 4.74 Å². The second kappa shape index (κ2) is 12.8. The predicted octanol–water partition coefficient (Wildman–Crippen LogP) is 3.87. The maximum absolute atomic E-state index is 5.56. The van der Waals surface area contributed by atoms with E-state index < -0.39 is 0 Å². The van der Waals surface area contributed by atoms with Crippen LogP contribution in [0.3, 0.4) is 0 Å². The van der Waals surface area contributed by atoms with Crippen LogP contribution in [0.2, 0.25) is 0 Å². The lowest BCUT2D eigenvalue weighted by molar-refractivity contribution is 0.0794. The number of nitrogens with one attached hydrogen (secondary N) is 2. The maximum Gasteiger partial charge on any atom is 0.191 e. The van der Waals surface area contributed by atoms with Crippen LogP contribution in [-0.4, -0.2) is 73.3 Å². The number of halogens is 1. The molecule has 164 valence electrons. The van der Waals surface area contributed by atoms with Crippen molar-refractivity contribution in [2.45, 2.75) is 81.5 Å². The molecule has 0 bridgehead atoms. The number of likely N-dealkylation sites (tertiary alicyclic amines) is 1. The lowest BCUT2D eigenvalue weighted by Crippen LogP contribution is -2.51. The van der Waals surface area contributed by atoms with E-state index in [2.05, 4.69) is 28.7 Å². The molecule has 0 aromatic heterocycles. The van der Waals surface area contributed by atoms with Crippen molar-refractivity contribution < 1.29 is 4.74 Å². The Kier molecular flexibility index (Phi) is 11.3. The fraction of sp³-hybridized carbons (Fsp3) is 0.952. The van der Waals surface area contributed by atoms with Gasteiger partial charge in [0.15, 0.2) is 5.96 Å². The Morgan fingerprint density at radius 1 is 1.11 bits per heavy atom. The molecule has 0 aromatic carbocycles. The zero-order chi connectivity index (χ0) is 19.0. The molecule has 0 unspecified atom stereocenters. The van der Waals surface area contributed by atoms with Gasteiger partial charge in [0.05, 0.1) is 6.54 Å². The van der Waals surface area contributed by atoms with E-state index in [4.69, 9.17) is 9.73 Å². The molecular weight excluding hydrogens is 483 g/mol. The highest BCUT2D eigenvalue weighted by atomic mass is 127. The summed E-state index contributed by atoms with van der Waals surface area (Å²) in [6, 6.07) is 1.42. The number of ether oxygens (including phenoxy) is 1. The van der Waals surface area contributed by atoms with Crippen LogP contribution in [0.25, 0.3) is 0 Å². The summed E-state index contributed by atoms with van der Waals surface area (Å²) in [7, 11) is 0. The average Bonchev–Trinajstić information content (AvgIpc) is 2.74. The van der Waals surface area contributed by atoms with E-state index >= 15 is 0 Å². The van der Waals surface area contributed by atoms with E-state index in [9.17, 15) is 0 Å². The van der Waals surface area contributed by atoms with Gasteiger partial charge < -0.3 is 20.3 Å². The second-order valence-electron chi connectivity index (χ2n) is 8.44. The van der Waals surface area contributed by atoms with Gasteiger partial charge >= 0.3 is 0 Å². The number of aliphatic imine (C=N–C) groups is 1. The third-order valence-electron chi connectivity index (χ3n) is 6.67. The molecule has 0 spiro atoms. The predicted molar refractivity (Wildman–Crippen MR) is 132 cm³/mol. The first-order valence-electron chi connectivity index (χ1n) is 11.2. The molecular formula is C21H41IN4OS. The van der Waals surface area contributed by atoms with Crippen LogP contribution in [0, 0.1) is 0 Å². The average molecular weight is 525 g/mol. The minimum absolute atomic E-state index is 0. The summed E-state index contributed by atoms with van der Waals surface area (Å²) in [4.78, 5) is 7.74.